The SMILES string of the molecule is CC[C@@H]([NH2+]CC(=O)NC(=O)NC(C)(C)C)c1ccc(Br)cc1. The van der Waals surface area contributed by atoms with Gasteiger partial charge >= 0.3 is 6.03 Å². The minimum Gasteiger partial charge on any atom is -0.333 e. The lowest BCUT2D eigenvalue weighted by Crippen LogP contribution is -2.87. The zero-order valence-electron chi connectivity index (χ0n) is 13.6. The molecule has 0 aliphatic heterocycles. The van der Waals surface area contributed by atoms with Gasteiger partial charge in [-0.25, -0.2) is 4.79 Å². The Morgan fingerprint density at radius 2 is 1.82 bits per heavy atom. The third kappa shape index (κ3) is 7.04. The topological polar surface area (TPSA) is 74.8 Å². The van der Waals surface area contributed by atoms with Crippen molar-refractivity contribution in [2.45, 2.75) is 45.7 Å². The number of quaternary nitrogens is 1. The van der Waals surface area contributed by atoms with E-state index in [1.807, 2.05) is 50.4 Å². The van der Waals surface area contributed by atoms with Crippen molar-refractivity contribution in [3.8, 4) is 0 Å². The highest BCUT2D eigenvalue weighted by Gasteiger charge is 2.18. The molecule has 0 heterocycles. The van der Waals surface area contributed by atoms with Crippen molar-refractivity contribution in [1.82, 2.24) is 10.6 Å². The first-order valence-corrected chi connectivity index (χ1v) is 8.21. The highest BCUT2D eigenvalue weighted by molar-refractivity contribution is 9.10. The molecule has 0 bridgehead atoms. The lowest BCUT2D eigenvalue weighted by Gasteiger charge is -2.20. The van der Waals surface area contributed by atoms with Crippen LogP contribution < -0.4 is 16.0 Å². The van der Waals surface area contributed by atoms with Crippen molar-refractivity contribution in [1.29, 1.82) is 0 Å². The summed E-state index contributed by atoms with van der Waals surface area (Å²) in [6.45, 7) is 7.89. The van der Waals surface area contributed by atoms with Gasteiger partial charge in [-0.15, -0.1) is 0 Å². The number of imide groups is 1. The molecule has 0 radical (unpaired) electrons. The van der Waals surface area contributed by atoms with Crippen molar-refractivity contribution in [3.63, 3.8) is 0 Å². The van der Waals surface area contributed by atoms with E-state index in [1.165, 1.54) is 0 Å². The van der Waals surface area contributed by atoms with Crippen molar-refractivity contribution in [2.75, 3.05) is 6.54 Å². The van der Waals surface area contributed by atoms with Crippen LogP contribution in [0.3, 0.4) is 0 Å². The summed E-state index contributed by atoms with van der Waals surface area (Å²) >= 11 is 3.41. The largest absolute Gasteiger partial charge is 0.333 e. The van der Waals surface area contributed by atoms with Crippen LogP contribution in [0.2, 0.25) is 0 Å². The molecule has 5 nitrogen and oxygen atoms in total. The summed E-state index contributed by atoms with van der Waals surface area (Å²) in [4.78, 5) is 23.5. The van der Waals surface area contributed by atoms with Gasteiger partial charge < -0.3 is 10.6 Å². The van der Waals surface area contributed by atoms with E-state index in [2.05, 4.69) is 33.5 Å². The van der Waals surface area contributed by atoms with Crippen molar-refractivity contribution in [2.24, 2.45) is 0 Å². The molecule has 0 aliphatic carbocycles. The van der Waals surface area contributed by atoms with Crippen LogP contribution in [0.1, 0.15) is 45.7 Å². The quantitative estimate of drug-likeness (QED) is 0.742. The average molecular weight is 371 g/mol. The number of nitrogens with one attached hydrogen (secondary N) is 2. The molecule has 0 saturated carbocycles. The number of halogens is 1. The summed E-state index contributed by atoms with van der Waals surface area (Å²) in [5, 5.41) is 7.00. The Bertz CT molecular complexity index is 509. The zero-order valence-corrected chi connectivity index (χ0v) is 15.2. The Kier molecular flexibility index (Phi) is 7.03. The predicted molar refractivity (Wildman–Crippen MR) is 90.4 cm³/mol. The molecule has 0 spiro atoms. The summed E-state index contributed by atoms with van der Waals surface area (Å²) in [6.07, 6.45) is 0.906. The van der Waals surface area contributed by atoms with E-state index in [0.29, 0.717) is 0 Å². The monoisotopic (exact) mass is 370 g/mol. The lowest BCUT2D eigenvalue weighted by atomic mass is 10.0. The van der Waals surface area contributed by atoms with Gasteiger partial charge in [-0.2, -0.15) is 0 Å². The van der Waals surface area contributed by atoms with Crippen LogP contribution in [0.5, 0.6) is 0 Å². The molecule has 3 amide bonds. The molecule has 22 heavy (non-hydrogen) atoms. The molecule has 6 heteroatoms. The van der Waals surface area contributed by atoms with Gasteiger partial charge in [0.2, 0.25) is 0 Å². The van der Waals surface area contributed by atoms with E-state index in [0.717, 1.165) is 16.5 Å². The first-order valence-electron chi connectivity index (χ1n) is 7.42. The molecule has 1 aromatic carbocycles. The fourth-order valence-electron chi connectivity index (χ4n) is 2.05. The maximum absolute atomic E-state index is 11.8. The highest BCUT2D eigenvalue weighted by atomic mass is 79.9. The van der Waals surface area contributed by atoms with Crippen LogP contribution in [0.25, 0.3) is 0 Å². The Morgan fingerprint density at radius 3 is 2.32 bits per heavy atom. The van der Waals surface area contributed by atoms with E-state index < -0.39 is 6.03 Å². The van der Waals surface area contributed by atoms with Gasteiger partial charge in [0.05, 0.1) is 0 Å². The Labute approximate surface area is 140 Å². The highest BCUT2D eigenvalue weighted by Crippen LogP contribution is 2.16. The lowest BCUT2D eigenvalue weighted by molar-refractivity contribution is -0.686. The molecule has 0 aliphatic rings. The molecule has 4 N–H and O–H groups in total. The van der Waals surface area contributed by atoms with Gasteiger partial charge in [-0.1, -0.05) is 35.0 Å². The average Bonchev–Trinajstić information content (AvgIpc) is 2.39. The summed E-state index contributed by atoms with van der Waals surface area (Å²) in [5.41, 5.74) is 0.801. The number of rotatable bonds is 5. The summed E-state index contributed by atoms with van der Waals surface area (Å²) in [6, 6.07) is 7.80. The Balaban J connectivity index is 2.47. The molecular formula is C16H25BrN3O2+. The number of hydrogen-bond acceptors (Lipinski definition) is 2. The number of carbonyl (C=O) groups is 2. The number of nitrogens with two attached hydrogens (primary N) is 1. The van der Waals surface area contributed by atoms with E-state index >= 15 is 0 Å². The molecular weight excluding hydrogens is 346 g/mol. The molecule has 0 aromatic heterocycles. The van der Waals surface area contributed by atoms with Crippen molar-refractivity contribution >= 4 is 27.9 Å². The molecule has 0 unspecified atom stereocenters. The number of benzene rings is 1. The summed E-state index contributed by atoms with van der Waals surface area (Å²) in [7, 11) is 0. The summed E-state index contributed by atoms with van der Waals surface area (Å²) in [5.74, 6) is -0.294. The molecule has 0 saturated heterocycles. The number of hydrogen-bond donors (Lipinski definition) is 3. The Hall–Kier alpha value is -1.40. The van der Waals surface area contributed by atoms with Gasteiger partial charge in [0.25, 0.3) is 5.91 Å². The van der Waals surface area contributed by atoms with Crippen molar-refractivity contribution in [3.05, 3.63) is 34.3 Å². The smallest absolute Gasteiger partial charge is 0.322 e. The number of urea groups is 1. The minimum atomic E-state index is -0.456. The first-order chi connectivity index (χ1) is 10.2. The van der Waals surface area contributed by atoms with Crippen LogP contribution in [-0.2, 0) is 4.79 Å². The van der Waals surface area contributed by atoms with Crippen LogP contribution in [0.15, 0.2) is 28.7 Å². The number of amides is 3. The third-order valence-electron chi connectivity index (χ3n) is 3.07. The van der Waals surface area contributed by atoms with Crippen LogP contribution >= 0.6 is 15.9 Å². The summed E-state index contributed by atoms with van der Waals surface area (Å²) < 4.78 is 1.03. The van der Waals surface area contributed by atoms with Gasteiger partial charge in [-0.3, -0.25) is 10.1 Å². The van der Waals surface area contributed by atoms with Crippen LogP contribution in [-0.4, -0.2) is 24.0 Å². The minimum absolute atomic E-state index is 0.199. The predicted octanol–water partition coefficient (Wildman–Crippen LogP) is 2.09. The van der Waals surface area contributed by atoms with E-state index in [9.17, 15) is 9.59 Å². The van der Waals surface area contributed by atoms with Gasteiger partial charge in [0.1, 0.15) is 6.04 Å². The van der Waals surface area contributed by atoms with Crippen LogP contribution in [0.4, 0.5) is 4.79 Å². The fourth-order valence-corrected chi connectivity index (χ4v) is 2.31. The number of carbonyl (C=O) groups excluding carboxylic acids is 2. The second-order valence-electron chi connectivity index (χ2n) is 6.26. The van der Waals surface area contributed by atoms with E-state index in [1.54, 1.807) is 0 Å². The van der Waals surface area contributed by atoms with Gasteiger partial charge in [0, 0.05) is 22.0 Å². The fraction of sp³-hybridized carbons (Fsp3) is 0.500. The molecule has 1 aromatic rings. The molecule has 0 fully saturated rings. The first kappa shape index (κ1) is 18.6. The second-order valence-corrected chi connectivity index (χ2v) is 7.17. The standard InChI is InChI=1S/C16H24BrN3O2/c1-5-13(11-6-8-12(17)9-7-11)18-10-14(21)19-15(22)20-16(2,3)4/h6-9,13,18H,5,10H2,1-4H3,(H2,19,20,21,22)/p+1/t13-/m1/s1. The zero-order chi connectivity index (χ0) is 16.8. The molecule has 122 valence electrons. The maximum atomic E-state index is 11.8. The molecule has 1 atom stereocenters. The third-order valence-corrected chi connectivity index (χ3v) is 3.60. The normalized spacial score (nSPS) is 12.6. The van der Waals surface area contributed by atoms with Gasteiger partial charge in [-0.05, 0) is 32.9 Å². The van der Waals surface area contributed by atoms with Crippen molar-refractivity contribution < 1.29 is 14.9 Å². The second kappa shape index (κ2) is 8.29. The van der Waals surface area contributed by atoms with Gasteiger partial charge in [0.15, 0.2) is 6.54 Å². The van der Waals surface area contributed by atoms with E-state index in [-0.39, 0.29) is 24.0 Å². The Morgan fingerprint density at radius 1 is 1.23 bits per heavy atom. The van der Waals surface area contributed by atoms with E-state index in [4.69, 9.17) is 0 Å². The molecule has 1 rings (SSSR count). The maximum Gasteiger partial charge on any atom is 0.322 e. The van der Waals surface area contributed by atoms with Crippen LogP contribution in [0, 0.1) is 0 Å².